The summed E-state index contributed by atoms with van der Waals surface area (Å²) in [6, 6.07) is 1.55. The van der Waals surface area contributed by atoms with Gasteiger partial charge in [0.05, 0.1) is 17.5 Å². The van der Waals surface area contributed by atoms with Gasteiger partial charge in [-0.15, -0.1) is 0 Å². The van der Waals surface area contributed by atoms with Crippen molar-refractivity contribution in [2.24, 2.45) is 7.05 Å². The van der Waals surface area contributed by atoms with Crippen LogP contribution in [-0.4, -0.2) is 46.8 Å². The molecule has 1 saturated carbocycles. The number of aromatic nitrogens is 2. The predicted octanol–water partition coefficient (Wildman–Crippen LogP) is 0.944. The number of aryl methyl sites for hydroxylation is 1. The van der Waals surface area contributed by atoms with Crippen LogP contribution < -0.4 is 4.72 Å². The number of sulfonamides is 1. The topological polar surface area (TPSA) is 84.3 Å². The first kappa shape index (κ1) is 16.4. The van der Waals surface area contributed by atoms with E-state index in [9.17, 15) is 13.2 Å². The zero-order chi connectivity index (χ0) is 16.6. The van der Waals surface area contributed by atoms with Crippen LogP contribution in [0.1, 0.15) is 50.8 Å². The van der Waals surface area contributed by atoms with E-state index >= 15 is 0 Å². The Hall–Kier alpha value is -1.41. The van der Waals surface area contributed by atoms with Gasteiger partial charge in [0.1, 0.15) is 0 Å². The van der Waals surface area contributed by atoms with Gasteiger partial charge >= 0.3 is 0 Å². The number of amides is 1. The number of piperidine rings is 1. The number of hydrogen-bond donors (Lipinski definition) is 1. The van der Waals surface area contributed by atoms with E-state index in [1.165, 1.54) is 0 Å². The minimum absolute atomic E-state index is 0.110. The number of rotatable bonds is 6. The van der Waals surface area contributed by atoms with Crippen LogP contribution in [0, 0.1) is 0 Å². The van der Waals surface area contributed by atoms with E-state index in [4.69, 9.17) is 0 Å². The summed E-state index contributed by atoms with van der Waals surface area (Å²) in [6.07, 6.45) is 5.18. The van der Waals surface area contributed by atoms with E-state index in [1.54, 1.807) is 10.9 Å². The number of nitrogens with zero attached hydrogens (tertiary/aromatic N) is 3. The molecule has 1 saturated heterocycles. The Morgan fingerprint density at radius 1 is 1.35 bits per heavy atom. The van der Waals surface area contributed by atoms with E-state index in [-0.39, 0.29) is 29.8 Å². The molecule has 2 heterocycles. The minimum atomic E-state index is -3.33. The van der Waals surface area contributed by atoms with Gasteiger partial charge in [-0.1, -0.05) is 6.92 Å². The SMILES string of the molecule is CCCS(=O)(=O)N[C@@H]1CCC(=O)N(C2CC2)[C@H]1c1ccnn1C. The van der Waals surface area contributed by atoms with Crippen molar-refractivity contribution in [2.75, 3.05) is 5.75 Å². The van der Waals surface area contributed by atoms with Crippen molar-refractivity contribution in [3.8, 4) is 0 Å². The summed E-state index contributed by atoms with van der Waals surface area (Å²) < 4.78 is 29.0. The minimum Gasteiger partial charge on any atom is -0.329 e. The van der Waals surface area contributed by atoms with E-state index in [0.29, 0.717) is 19.3 Å². The molecule has 2 fully saturated rings. The van der Waals surface area contributed by atoms with E-state index in [0.717, 1.165) is 18.5 Å². The fourth-order valence-corrected chi connectivity index (χ4v) is 4.77. The van der Waals surface area contributed by atoms with Gasteiger partial charge in [-0.3, -0.25) is 9.48 Å². The summed E-state index contributed by atoms with van der Waals surface area (Å²) in [5.41, 5.74) is 0.883. The smallest absolute Gasteiger partial charge is 0.223 e. The average molecular weight is 340 g/mol. The zero-order valence-corrected chi connectivity index (χ0v) is 14.4. The van der Waals surface area contributed by atoms with Crippen molar-refractivity contribution in [3.63, 3.8) is 0 Å². The maximum atomic E-state index is 12.4. The highest BCUT2D eigenvalue weighted by atomic mass is 32.2. The fourth-order valence-electron chi connectivity index (χ4n) is 3.40. The standard InChI is InChI=1S/C15H24N4O3S/c1-3-10-23(21,22)17-12-6-7-14(20)19(11-4-5-11)15(12)13-8-9-16-18(13)2/h8-9,11-12,15,17H,3-7,10H2,1-2H3/t12-,15-/m1/s1. The van der Waals surface area contributed by atoms with Gasteiger partial charge in [-0.05, 0) is 31.7 Å². The third kappa shape index (κ3) is 3.42. The quantitative estimate of drug-likeness (QED) is 0.835. The first-order valence-electron chi connectivity index (χ1n) is 8.22. The van der Waals surface area contributed by atoms with Crippen molar-refractivity contribution >= 4 is 15.9 Å². The molecule has 0 radical (unpaired) electrons. The first-order chi connectivity index (χ1) is 10.9. The second-order valence-electron chi connectivity index (χ2n) is 6.44. The van der Waals surface area contributed by atoms with Gasteiger partial charge in [0.2, 0.25) is 15.9 Å². The van der Waals surface area contributed by atoms with Gasteiger partial charge in [0.25, 0.3) is 0 Å². The van der Waals surface area contributed by atoms with Gasteiger partial charge in [-0.2, -0.15) is 5.10 Å². The lowest BCUT2D eigenvalue weighted by Crippen LogP contribution is -2.53. The van der Waals surface area contributed by atoms with Gasteiger partial charge in [-0.25, -0.2) is 13.1 Å². The number of carbonyl (C=O) groups excluding carboxylic acids is 1. The molecule has 1 aromatic heterocycles. The van der Waals surface area contributed by atoms with Crippen LogP contribution in [0.3, 0.4) is 0 Å². The summed E-state index contributed by atoms with van der Waals surface area (Å²) in [7, 11) is -1.50. The lowest BCUT2D eigenvalue weighted by molar-refractivity contribution is -0.138. The van der Waals surface area contributed by atoms with Gasteiger partial charge in [0, 0.05) is 31.7 Å². The van der Waals surface area contributed by atoms with Crippen LogP contribution in [0.5, 0.6) is 0 Å². The highest BCUT2D eigenvalue weighted by Gasteiger charge is 2.46. The highest BCUT2D eigenvalue weighted by Crippen LogP contribution is 2.40. The molecular formula is C15H24N4O3S. The second kappa shape index (κ2) is 6.24. The molecule has 2 aliphatic rings. The maximum absolute atomic E-state index is 12.4. The Morgan fingerprint density at radius 3 is 2.65 bits per heavy atom. The Bertz CT molecular complexity index is 681. The predicted molar refractivity (Wildman–Crippen MR) is 86.1 cm³/mol. The normalized spacial score (nSPS) is 25.8. The molecule has 1 amide bonds. The lowest BCUT2D eigenvalue weighted by atomic mass is 9.93. The van der Waals surface area contributed by atoms with Crippen molar-refractivity contribution in [1.82, 2.24) is 19.4 Å². The Labute approximate surface area is 137 Å². The Kier molecular flexibility index (Phi) is 4.46. The fraction of sp³-hybridized carbons (Fsp3) is 0.733. The molecule has 8 heteroatoms. The molecule has 1 aliphatic heterocycles. The number of nitrogens with one attached hydrogen (secondary N) is 1. The van der Waals surface area contributed by atoms with Gasteiger partial charge < -0.3 is 4.90 Å². The molecule has 128 valence electrons. The van der Waals surface area contributed by atoms with E-state index in [1.807, 2.05) is 24.9 Å². The van der Waals surface area contributed by atoms with Crippen molar-refractivity contribution in [2.45, 2.75) is 57.2 Å². The monoisotopic (exact) mass is 340 g/mol. The summed E-state index contributed by atoms with van der Waals surface area (Å²) in [4.78, 5) is 14.3. The molecule has 0 unspecified atom stereocenters. The number of likely N-dealkylation sites (tertiary alicyclic amines) is 1. The van der Waals surface area contributed by atoms with Crippen molar-refractivity contribution in [1.29, 1.82) is 0 Å². The third-order valence-electron chi connectivity index (χ3n) is 4.54. The summed E-state index contributed by atoms with van der Waals surface area (Å²) >= 11 is 0. The molecule has 23 heavy (non-hydrogen) atoms. The molecule has 1 aromatic rings. The second-order valence-corrected chi connectivity index (χ2v) is 8.31. The summed E-state index contributed by atoms with van der Waals surface area (Å²) in [5, 5.41) is 4.20. The largest absolute Gasteiger partial charge is 0.329 e. The van der Waals surface area contributed by atoms with Gasteiger partial charge in [0.15, 0.2) is 0 Å². The lowest BCUT2D eigenvalue weighted by Gasteiger charge is -2.41. The van der Waals surface area contributed by atoms with Crippen LogP contribution in [0.4, 0.5) is 0 Å². The summed E-state index contributed by atoms with van der Waals surface area (Å²) in [5.74, 6) is 0.226. The number of carbonyl (C=O) groups is 1. The average Bonchev–Trinajstić information content (AvgIpc) is 3.22. The van der Waals surface area contributed by atoms with Crippen LogP contribution in [0.2, 0.25) is 0 Å². The molecule has 0 bridgehead atoms. The van der Waals surface area contributed by atoms with Crippen LogP contribution in [-0.2, 0) is 21.9 Å². The molecule has 3 rings (SSSR count). The van der Waals surface area contributed by atoms with E-state index in [2.05, 4.69) is 9.82 Å². The van der Waals surface area contributed by atoms with Crippen molar-refractivity contribution in [3.05, 3.63) is 18.0 Å². The Balaban J connectivity index is 1.93. The molecule has 2 atom stereocenters. The first-order valence-corrected chi connectivity index (χ1v) is 9.87. The highest BCUT2D eigenvalue weighted by molar-refractivity contribution is 7.89. The van der Waals surface area contributed by atoms with Crippen molar-refractivity contribution < 1.29 is 13.2 Å². The molecule has 7 nitrogen and oxygen atoms in total. The molecular weight excluding hydrogens is 316 g/mol. The maximum Gasteiger partial charge on any atom is 0.223 e. The molecule has 1 N–H and O–H groups in total. The zero-order valence-electron chi connectivity index (χ0n) is 13.6. The van der Waals surface area contributed by atoms with E-state index < -0.39 is 10.0 Å². The molecule has 0 aromatic carbocycles. The van der Waals surface area contributed by atoms with Crippen LogP contribution in [0.15, 0.2) is 12.3 Å². The summed E-state index contributed by atoms with van der Waals surface area (Å²) in [6.45, 7) is 1.85. The molecule has 1 aliphatic carbocycles. The number of hydrogen-bond acceptors (Lipinski definition) is 4. The Morgan fingerprint density at radius 2 is 2.09 bits per heavy atom. The van der Waals surface area contributed by atoms with Crippen LogP contribution >= 0.6 is 0 Å². The third-order valence-corrected chi connectivity index (χ3v) is 6.15. The molecule has 0 spiro atoms. The van der Waals surface area contributed by atoms with Crippen LogP contribution in [0.25, 0.3) is 0 Å².